The molecule has 0 aliphatic carbocycles. The van der Waals surface area contributed by atoms with Crippen molar-refractivity contribution in [3.63, 3.8) is 0 Å². The lowest BCUT2D eigenvalue weighted by Crippen LogP contribution is -2.48. The summed E-state index contributed by atoms with van der Waals surface area (Å²) in [5.41, 5.74) is -1.46. The molecule has 0 aromatic heterocycles. The quantitative estimate of drug-likeness (QED) is 0.488. The molecule has 0 fully saturated rings. The van der Waals surface area contributed by atoms with Gasteiger partial charge < -0.3 is 25.6 Å². The third-order valence-electron chi connectivity index (χ3n) is 1.96. The standard InChI is InChI=1S/C10H20N2O5/c1-7(5-17-3)12-9(15)11-6-10(2,16)4-8(13)14/h7,16H,4-6H2,1-3H3,(H,13,14)(H2,11,12,15). The van der Waals surface area contributed by atoms with Gasteiger partial charge in [-0.2, -0.15) is 0 Å². The van der Waals surface area contributed by atoms with E-state index in [0.717, 1.165) is 0 Å². The first-order chi connectivity index (χ1) is 7.76. The highest BCUT2D eigenvalue weighted by molar-refractivity contribution is 5.74. The number of carbonyl (C=O) groups excluding carboxylic acids is 1. The van der Waals surface area contributed by atoms with Gasteiger partial charge in [-0.1, -0.05) is 0 Å². The first kappa shape index (κ1) is 15.7. The molecule has 100 valence electrons. The number of rotatable bonds is 7. The zero-order valence-corrected chi connectivity index (χ0v) is 10.3. The molecule has 0 aromatic carbocycles. The minimum absolute atomic E-state index is 0.134. The second kappa shape index (κ2) is 7.08. The van der Waals surface area contributed by atoms with Gasteiger partial charge in [0, 0.05) is 13.7 Å². The molecular formula is C10H20N2O5. The Bertz CT molecular complexity index is 267. The largest absolute Gasteiger partial charge is 0.481 e. The van der Waals surface area contributed by atoms with Gasteiger partial charge in [0.05, 0.1) is 24.7 Å². The highest BCUT2D eigenvalue weighted by Gasteiger charge is 2.24. The summed E-state index contributed by atoms with van der Waals surface area (Å²) in [4.78, 5) is 21.7. The Morgan fingerprint density at radius 1 is 1.47 bits per heavy atom. The fourth-order valence-corrected chi connectivity index (χ4v) is 1.23. The van der Waals surface area contributed by atoms with Crippen LogP contribution in [0.3, 0.4) is 0 Å². The van der Waals surface area contributed by atoms with Crippen LogP contribution in [0.4, 0.5) is 4.79 Å². The molecule has 0 spiro atoms. The van der Waals surface area contributed by atoms with Gasteiger partial charge in [0.2, 0.25) is 0 Å². The normalized spacial score (nSPS) is 15.8. The zero-order chi connectivity index (χ0) is 13.5. The van der Waals surface area contributed by atoms with Crippen LogP contribution in [0.5, 0.6) is 0 Å². The van der Waals surface area contributed by atoms with Gasteiger partial charge in [0.1, 0.15) is 0 Å². The molecule has 0 bridgehead atoms. The number of nitrogens with one attached hydrogen (secondary N) is 2. The first-order valence-electron chi connectivity index (χ1n) is 5.24. The highest BCUT2D eigenvalue weighted by atomic mass is 16.5. The number of carboxylic acids is 1. The van der Waals surface area contributed by atoms with Gasteiger partial charge in [-0.25, -0.2) is 4.79 Å². The maximum absolute atomic E-state index is 11.3. The fraction of sp³-hybridized carbons (Fsp3) is 0.800. The lowest BCUT2D eigenvalue weighted by molar-refractivity contribution is -0.141. The molecule has 0 heterocycles. The molecule has 0 aliphatic heterocycles. The van der Waals surface area contributed by atoms with Gasteiger partial charge in [-0.3, -0.25) is 4.79 Å². The number of amides is 2. The molecule has 7 nitrogen and oxygen atoms in total. The Kier molecular flexibility index (Phi) is 6.52. The van der Waals surface area contributed by atoms with E-state index in [2.05, 4.69) is 10.6 Å². The second-order valence-electron chi connectivity index (χ2n) is 4.25. The lowest BCUT2D eigenvalue weighted by atomic mass is 10.0. The van der Waals surface area contributed by atoms with Crippen molar-refractivity contribution >= 4 is 12.0 Å². The SMILES string of the molecule is COCC(C)NC(=O)NCC(C)(O)CC(=O)O. The van der Waals surface area contributed by atoms with E-state index in [1.807, 2.05) is 0 Å². The van der Waals surface area contributed by atoms with Crippen molar-refractivity contribution in [3.05, 3.63) is 0 Å². The summed E-state index contributed by atoms with van der Waals surface area (Å²) < 4.78 is 4.83. The fourth-order valence-electron chi connectivity index (χ4n) is 1.23. The maximum Gasteiger partial charge on any atom is 0.315 e. The summed E-state index contributed by atoms with van der Waals surface area (Å²) in [6, 6.07) is -0.635. The molecular weight excluding hydrogens is 228 g/mol. The van der Waals surface area contributed by atoms with E-state index in [4.69, 9.17) is 9.84 Å². The Labute approximate surface area is 100 Å². The van der Waals surface area contributed by atoms with Crippen LogP contribution in [0, 0.1) is 0 Å². The number of hydrogen-bond donors (Lipinski definition) is 4. The van der Waals surface area contributed by atoms with E-state index in [-0.39, 0.29) is 12.6 Å². The molecule has 0 saturated heterocycles. The van der Waals surface area contributed by atoms with Gasteiger partial charge in [-0.05, 0) is 13.8 Å². The summed E-state index contributed by atoms with van der Waals surface area (Å²) in [5.74, 6) is -1.12. The van der Waals surface area contributed by atoms with Crippen LogP contribution >= 0.6 is 0 Å². The average molecular weight is 248 g/mol. The van der Waals surface area contributed by atoms with E-state index in [1.54, 1.807) is 6.92 Å². The third-order valence-corrected chi connectivity index (χ3v) is 1.96. The van der Waals surface area contributed by atoms with Crippen LogP contribution < -0.4 is 10.6 Å². The molecule has 0 aromatic rings. The smallest absolute Gasteiger partial charge is 0.315 e. The Morgan fingerprint density at radius 2 is 2.06 bits per heavy atom. The van der Waals surface area contributed by atoms with Crippen LogP contribution in [0.15, 0.2) is 0 Å². The van der Waals surface area contributed by atoms with Gasteiger partial charge >= 0.3 is 12.0 Å². The highest BCUT2D eigenvalue weighted by Crippen LogP contribution is 2.06. The number of hydrogen-bond acceptors (Lipinski definition) is 4. The molecule has 7 heteroatoms. The maximum atomic E-state index is 11.3. The molecule has 0 rings (SSSR count). The predicted octanol–water partition coefficient (Wildman–Crippen LogP) is -0.454. The molecule has 17 heavy (non-hydrogen) atoms. The van der Waals surface area contributed by atoms with E-state index in [0.29, 0.717) is 6.61 Å². The van der Waals surface area contributed by atoms with Crippen LogP contribution in [-0.4, -0.2) is 54.1 Å². The molecule has 0 radical (unpaired) electrons. The number of aliphatic hydroxyl groups is 1. The minimum atomic E-state index is -1.46. The van der Waals surface area contributed by atoms with Crippen molar-refractivity contribution in [1.82, 2.24) is 10.6 Å². The number of ether oxygens (including phenoxy) is 1. The number of carbonyl (C=O) groups is 2. The lowest BCUT2D eigenvalue weighted by Gasteiger charge is -2.22. The van der Waals surface area contributed by atoms with E-state index in [9.17, 15) is 14.7 Å². The molecule has 2 atom stereocenters. The summed E-state index contributed by atoms with van der Waals surface area (Å²) >= 11 is 0. The van der Waals surface area contributed by atoms with Crippen molar-refractivity contribution in [1.29, 1.82) is 0 Å². The van der Waals surface area contributed by atoms with Gasteiger partial charge in [0.15, 0.2) is 0 Å². The van der Waals surface area contributed by atoms with Gasteiger partial charge in [-0.15, -0.1) is 0 Å². The first-order valence-corrected chi connectivity index (χ1v) is 5.24. The van der Waals surface area contributed by atoms with E-state index < -0.39 is 24.0 Å². The summed E-state index contributed by atoms with van der Waals surface area (Å²) in [6.07, 6.45) is -0.430. The van der Waals surface area contributed by atoms with Crippen molar-refractivity contribution in [2.24, 2.45) is 0 Å². The van der Waals surface area contributed by atoms with Crippen molar-refractivity contribution < 1.29 is 24.5 Å². The molecule has 0 saturated carbocycles. The van der Waals surface area contributed by atoms with Gasteiger partial charge in [0.25, 0.3) is 0 Å². The van der Waals surface area contributed by atoms with Crippen molar-refractivity contribution in [2.45, 2.75) is 31.9 Å². The second-order valence-corrected chi connectivity index (χ2v) is 4.25. The monoisotopic (exact) mass is 248 g/mol. The topological polar surface area (TPSA) is 108 Å². The number of methoxy groups -OCH3 is 1. The van der Waals surface area contributed by atoms with E-state index >= 15 is 0 Å². The number of aliphatic carboxylic acids is 1. The van der Waals surface area contributed by atoms with Crippen LogP contribution in [0.2, 0.25) is 0 Å². The van der Waals surface area contributed by atoms with Crippen LogP contribution in [-0.2, 0) is 9.53 Å². The molecule has 2 amide bonds. The molecule has 2 unspecified atom stereocenters. The molecule has 4 N–H and O–H groups in total. The summed E-state index contributed by atoms with van der Waals surface area (Å²) in [5, 5.41) is 23.1. The van der Waals surface area contributed by atoms with Crippen molar-refractivity contribution in [3.8, 4) is 0 Å². The van der Waals surface area contributed by atoms with E-state index in [1.165, 1.54) is 14.0 Å². The average Bonchev–Trinajstić information content (AvgIpc) is 2.13. The van der Waals surface area contributed by atoms with Crippen LogP contribution in [0.25, 0.3) is 0 Å². The number of urea groups is 1. The summed E-state index contributed by atoms with van der Waals surface area (Å²) in [7, 11) is 1.52. The minimum Gasteiger partial charge on any atom is -0.481 e. The number of carboxylic acid groups (broad SMARTS) is 1. The predicted molar refractivity (Wildman–Crippen MR) is 60.7 cm³/mol. The van der Waals surface area contributed by atoms with Crippen molar-refractivity contribution in [2.75, 3.05) is 20.3 Å². The van der Waals surface area contributed by atoms with Crippen LogP contribution in [0.1, 0.15) is 20.3 Å². The Morgan fingerprint density at radius 3 is 2.53 bits per heavy atom. The third kappa shape index (κ3) is 8.47. The zero-order valence-electron chi connectivity index (χ0n) is 10.3. The Hall–Kier alpha value is -1.34. The Balaban J connectivity index is 3.94. The molecule has 0 aliphatic rings. The summed E-state index contributed by atoms with van der Waals surface area (Å²) in [6.45, 7) is 3.35.